The molecule has 0 saturated heterocycles. The van der Waals surface area contributed by atoms with E-state index >= 15 is 0 Å². The smallest absolute Gasteiger partial charge is 0.271 e. The van der Waals surface area contributed by atoms with Gasteiger partial charge >= 0.3 is 0 Å². The molecule has 3 N–H and O–H groups in total. The Morgan fingerprint density at radius 3 is 2.59 bits per heavy atom. The Labute approximate surface area is 165 Å². The van der Waals surface area contributed by atoms with Gasteiger partial charge in [-0.1, -0.05) is 30.3 Å². The zero-order valence-corrected chi connectivity index (χ0v) is 15.7. The number of aryl methyl sites for hydroxylation is 2. The number of benzene rings is 2. The Hall–Kier alpha value is -3.94. The third kappa shape index (κ3) is 3.73. The van der Waals surface area contributed by atoms with Gasteiger partial charge in [0, 0.05) is 37.0 Å². The number of amides is 2. The van der Waals surface area contributed by atoms with E-state index in [1.165, 1.54) is 0 Å². The van der Waals surface area contributed by atoms with Crippen LogP contribution >= 0.6 is 0 Å². The molecule has 0 radical (unpaired) electrons. The van der Waals surface area contributed by atoms with Crippen molar-refractivity contribution in [3.05, 3.63) is 76.5 Å². The predicted octanol–water partition coefficient (Wildman–Crippen LogP) is 1.81. The maximum atomic E-state index is 12.4. The molecule has 146 valence electrons. The minimum atomic E-state index is -0.396. The lowest BCUT2D eigenvalue weighted by atomic mass is 10.2. The zero-order chi connectivity index (χ0) is 20.4. The van der Waals surface area contributed by atoms with Crippen molar-refractivity contribution in [3.63, 3.8) is 0 Å². The number of hydrazine groups is 1. The van der Waals surface area contributed by atoms with Crippen molar-refractivity contribution >= 4 is 33.6 Å². The molecule has 2 aromatic carbocycles. The average Bonchev–Trinajstić information content (AvgIpc) is 3.07. The molecule has 0 bridgehead atoms. The number of carbonyl (C=O) groups excluding carboxylic acids is 2. The molecule has 2 amide bonds. The van der Waals surface area contributed by atoms with Gasteiger partial charge in [0.05, 0.1) is 16.5 Å². The molecule has 8 heteroatoms. The molecule has 0 aliphatic rings. The van der Waals surface area contributed by atoms with Gasteiger partial charge in [-0.25, -0.2) is 4.98 Å². The van der Waals surface area contributed by atoms with Gasteiger partial charge in [-0.2, -0.15) is 0 Å². The van der Waals surface area contributed by atoms with Crippen LogP contribution in [0.2, 0.25) is 0 Å². The second kappa shape index (κ2) is 7.59. The highest BCUT2D eigenvalue weighted by Gasteiger charge is 2.14. The highest BCUT2D eigenvalue weighted by Crippen LogP contribution is 2.19. The minimum Gasteiger partial charge on any atom is -0.350 e. The number of carbonyl (C=O) groups is 2. The molecule has 0 aliphatic carbocycles. The quantitative estimate of drug-likeness (QED) is 0.463. The van der Waals surface area contributed by atoms with Gasteiger partial charge in [0.1, 0.15) is 5.82 Å². The number of fused-ring (bicyclic) bond motifs is 2. The summed E-state index contributed by atoms with van der Waals surface area (Å²) < 4.78 is 1.85. The van der Waals surface area contributed by atoms with Gasteiger partial charge in [-0.05, 0) is 18.2 Å². The van der Waals surface area contributed by atoms with Crippen molar-refractivity contribution < 1.29 is 9.59 Å². The molecule has 0 aliphatic heterocycles. The van der Waals surface area contributed by atoms with Gasteiger partial charge in [-0.15, -0.1) is 0 Å². The van der Waals surface area contributed by atoms with Crippen molar-refractivity contribution in [2.45, 2.75) is 12.8 Å². The van der Waals surface area contributed by atoms with E-state index in [2.05, 4.69) is 20.8 Å². The van der Waals surface area contributed by atoms with E-state index in [4.69, 9.17) is 0 Å². The first-order valence-electron chi connectivity index (χ1n) is 9.14. The number of hydrogen-bond donors (Lipinski definition) is 3. The van der Waals surface area contributed by atoms with Crippen LogP contribution in [0.25, 0.3) is 21.8 Å². The van der Waals surface area contributed by atoms with Crippen molar-refractivity contribution in [1.82, 2.24) is 25.4 Å². The van der Waals surface area contributed by atoms with E-state index in [9.17, 15) is 14.4 Å². The fourth-order valence-corrected chi connectivity index (χ4v) is 3.26. The first kappa shape index (κ1) is 18.4. The highest BCUT2D eigenvalue weighted by molar-refractivity contribution is 6.07. The van der Waals surface area contributed by atoms with Gasteiger partial charge in [-0.3, -0.25) is 25.2 Å². The van der Waals surface area contributed by atoms with Gasteiger partial charge in [0.15, 0.2) is 0 Å². The Bertz CT molecular complexity index is 1290. The monoisotopic (exact) mass is 389 g/mol. The summed E-state index contributed by atoms with van der Waals surface area (Å²) in [4.78, 5) is 43.7. The van der Waals surface area contributed by atoms with Crippen molar-refractivity contribution in [2.24, 2.45) is 7.05 Å². The normalized spacial score (nSPS) is 10.9. The number of para-hydroxylation sites is 2. The molecule has 8 nitrogen and oxygen atoms in total. The van der Waals surface area contributed by atoms with E-state index in [0.717, 1.165) is 10.9 Å². The maximum absolute atomic E-state index is 12.4. The number of hydrogen-bond acceptors (Lipinski definition) is 4. The zero-order valence-electron chi connectivity index (χ0n) is 15.7. The van der Waals surface area contributed by atoms with E-state index in [-0.39, 0.29) is 24.3 Å². The SMILES string of the molecule is Cn1cc(C(=O)NNC(=O)CCc2nc3ccccc3c(=O)[nH]2)c2ccccc21. The summed E-state index contributed by atoms with van der Waals surface area (Å²) in [5.74, 6) is -0.356. The van der Waals surface area contributed by atoms with Crippen molar-refractivity contribution in [3.8, 4) is 0 Å². The molecule has 29 heavy (non-hydrogen) atoms. The second-order valence-corrected chi connectivity index (χ2v) is 6.70. The topological polar surface area (TPSA) is 109 Å². The summed E-state index contributed by atoms with van der Waals surface area (Å²) in [6, 6.07) is 14.5. The first-order chi connectivity index (χ1) is 14.0. The number of aromatic amines is 1. The Morgan fingerprint density at radius 2 is 1.76 bits per heavy atom. The summed E-state index contributed by atoms with van der Waals surface area (Å²) >= 11 is 0. The van der Waals surface area contributed by atoms with Crippen molar-refractivity contribution in [1.29, 1.82) is 0 Å². The second-order valence-electron chi connectivity index (χ2n) is 6.70. The summed E-state index contributed by atoms with van der Waals surface area (Å²) in [5, 5.41) is 1.31. The number of aromatic nitrogens is 3. The summed E-state index contributed by atoms with van der Waals surface area (Å²) in [6.07, 6.45) is 2.03. The lowest BCUT2D eigenvalue weighted by molar-refractivity contribution is -0.121. The number of H-pyrrole nitrogens is 1. The number of nitrogens with zero attached hydrogens (tertiary/aromatic N) is 2. The van der Waals surface area contributed by atoms with Crippen molar-refractivity contribution in [2.75, 3.05) is 0 Å². The van der Waals surface area contributed by atoms with Gasteiger partial charge < -0.3 is 9.55 Å². The Kier molecular flexibility index (Phi) is 4.82. The van der Waals surface area contributed by atoms with E-state index < -0.39 is 5.91 Å². The lowest BCUT2D eigenvalue weighted by Gasteiger charge is -2.07. The number of rotatable bonds is 4. The first-order valence-corrected chi connectivity index (χ1v) is 9.14. The minimum absolute atomic E-state index is 0.0666. The molecule has 4 aromatic rings. The fraction of sp³-hybridized carbons (Fsp3) is 0.143. The molecule has 0 fully saturated rings. The fourth-order valence-electron chi connectivity index (χ4n) is 3.26. The summed E-state index contributed by atoms with van der Waals surface area (Å²) in [5.41, 5.74) is 6.59. The highest BCUT2D eigenvalue weighted by atomic mass is 16.2. The van der Waals surface area contributed by atoms with Crippen LogP contribution in [0.4, 0.5) is 0 Å². The predicted molar refractivity (Wildman–Crippen MR) is 109 cm³/mol. The van der Waals surface area contributed by atoms with Crippen LogP contribution in [0, 0.1) is 0 Å². The van der Waals surface area contributed by atoms with Crippen LogP contribution in [0.15, 0.2) is 59.5 Å². The number of nitrogens with one attached hydrogen (secondary N) is 3. The van der Waals surface area contributed by atoms with Gasteiger partial charge in [0.25, 0.3) is 11.5 Å². The van der Waals surface area contributed by atoms with Gasteiger partial charge in [0.2, 0.25) is 5.91 Å². The largest absolute Gasteiger partial charge is 0.350 e. The average molecular weight is 389 g/mol. The van der Waals surface area contributed by atoms with E-state index in [1.807, 2.05) is 35.9 Å². The van der Waals surface area contributed by atoms with Crippen LogP contribution in [-0.4, -0.2) is 26.3 Å². The molecule has 0 saturated carbocycles. The third-order valence-electron chi connectivity index (χ3n) is 4.71. The summed E-state index contributed by atoms with van der Waals surface area (Å²) in [7, 11) is 1.86. The van der Waals surface area contributed by atoms with Crippen LogP contribution in [0.3, 0.4) is 0 Å². The molecule has 4 rings (SSSR count). The molecule has 0 atom stereocenters. The standard InChI is InChI=1S/C21H19N5O3/c1-26-12-15(13-6-3-5-9-17(13)26)21(29)25-24-19(27)11-10-18-22-16-8-4-2-7-14(16)20(28)23-18/h2-9,12H,10-11H2,1H3,(H,24,27)(H,25,29)(H,22,23,28). The molecule has 0 unspecified atom stereocenters. The molecule has 2 aromatic heterocycles. The lowest BCUT2D eigenvalue weighted by Crippen LogP contribution is -2.41. The molecular weight excluding hydrogens is 370 g/mol. The van der Waals surface area contributed by atoms with E-state index in [0.29, 0.717) is 22.3 Å². The Balaban J connectivity index is 1.38. The molecule has 2 heterocycles. The maximum Gasteiger partial charge on any atom is 0.271 e. The van der Waals surface area contributed by atoms with E-state index in [1.54, 1.807) is 30.5 Å². The van der Waals surface area contributed by atoms with Crippen LogP contribution in [0.5, 0.6) is 0 Å². The van der Waals surface area contributed by atoms with Crippen LogP contribution in [0.1, 0.15) is 22.6 Å². The summed E-state index contributed by atoms with van der Waals surface area (Å²) in [6.45, 7) is 0. The molecule has 0 spiro atoms. The van der Waals surface area contributed by atoms with Crippen LogP contribution < -0.4 is 16.4 Å². The third-order valence-corrected chi connectivity index (χ3v) is 4.71. The Morgan fingerprint density at radius 1 is 1.03 bits per heavy atom. The molecular formula is C21H19N5O3. The van der Waals surface area contributed by atoms with Crippen LogP contribution in [-0.2, 0) is 18.3 Å².